The molecule has 98 valence electrons. The fourth-order valence-electron chi connectivity index (χ4n) is 1.84. The van der Waals surface area contributed by atoms with Crippen molar-refractivity contribution in [3.05, 3.63) is 46.7 Å². The van der Waals surface area contributed by atoms with Crippen LogP contribution in [-0.4, -0.2) is 22.9 Å². The summed E-state index contributed by atoms with van der Waals surface area (Å²) in [6.07, 6.45) is 0.139. The van der Waals surface area contributed by atoms with Crippen LogP contribution in [0.5, 0.6) is 0 Å². The molecule has 0 saturated carbocycles. The molecule has 1 aromatic rings. The van der Waals surface area contributed by atoms with Crippen LogP contribution in [0.4, 0.5) is 0 Å². The number of alkyl halides is 1. The molecule has 2 rings (SSSR count). The van der Waals surface area contributed by atoms with Gasteiger partial charge in [0.15, 0.2) is 11.5 Å². The van der Waals surface area contributed by atoms with Gasteiger partial charge >= 0.3 is 5.97 Å². The second kappa shape index (κ2) is 5.48. The van der Waals surface area contributed by atoms with E-state index in [9.17, 15) is 14.4 Å². The predicted molar refractivity (Wildman–Crippen MR) is 72.3 cm³/mol. The van der Waals surface area contributed by atoms with Gasteiger partial charge in [0, 0.05) is 22.0 Å². The summed E-state index contributed by atoms with van der Waals surface area (Å²) >= 11 is 3.11. The molecule has 0 radical (unpaired) electrons. The monoisotopic (exact) mass is 322 g/mol. The molecule has 0 saturated heterocycles. The number of Topliss-reactive ketones (excluding diaryl/α,β-unsaturated/α-hetero) is 2. The molecule has 19 heavy (non-hydrogen) atoms. The fraction of sp³-hybridized carbons (Fsp3) is 0.214. The second-order valence-electron chi connectivity index (χ2n) is 4.07. The van der Waals surface area contributed by atoms with E-state index >= 15 is 0 Å². The van der Waals surface area contributed by atoms with Crippen molar-refractivity contribution in [1.82, 2.24) is 0 Å². The Kier molecular flexibility index (Phi) is 3.95. The van der Waals surface area contributed by atoms with Crippen LogP contribution in [0.2, 0.25) is 0 Å². The highest BCUT2D eigenvalue weighted by molar-refractivity contribution is 9.09. The van der Waals surface area contributed by atoms with Crippen molar-refractivity contribution < 1.29 is 19.1 Å². The molecule has 4 nitrogen and oxygen atoms in total. The Hall–Kier alpha value is -1.75. The molecule has 0 fully saturated rings. The average Bonchev–Trinajstić information content (AvgIpc) is 2.41. The average molecular weight is 323 g/mol. The molecule has 0 amide bonds. The molecular formula is C14H11BrO4. The number of fused-ring (bicyclic) bond motifs is 1. The van der Waals surface area contributed by atoms with Gasteiger partial charge in [-0.2, -0.15) is 0 Å². The van der Waals surface area contributed by atoms with Crippen LogP contribution in [0, 0.1) is 0 Å². The van der Waals surface area contributed by atoms with E-state index in [0.29, 0.717) is 10.9 Å². The quantitative estimate of drug-likeness (QED) is 0.634. The highest BCUT2D eigenvalue weighted by Crippen LogP contribution is 2.26. The van der Waals surface area contributed by atoms with Crippen LogP contribution in [-0.2, 0) is 9.53 Å². The summed E-state index contributed by atoms with van der Waals surface area (Å²) in [5.74, 6) is -1.39. The van der Waals surface area contributed by atoms with Crippen molar-refractivity contribution in [2.45, 2.75) is 13.3 Å². The number of carbonyl (C=O) groups excluding carboxylic acids is 3. The highest BCUT2D eigenvalue weighted by Gasteiger charge is 2.32. The Labute approximate surface area is 118 Å². The van der Waals surface area contributed by atoms with E-state index in [0.717, 1.165) is 0 Å². The lowest BCUT2D eigenvalue weighted by Gasteiger charge is -2.18. The number of hydrogen-bond acceptors (Lipinski definition) is 4. The molecular weight excluding hydrogens is 312 g/mol. The van der Waals surface area contributed by atoms with Crippen LogP contribution in [0.25, 0.3) is 0 Å². The molecule has 0 aromatic heterocycles. The number of hydrogen-bond donors (Lipinski definition) is 0. The Morgan fingerprint density at radius 3 is 2.32 bits per heavy atom. The lowest BCUT2D eigenvalue weighted by Crippen LogP contribution is -2.24. The summed E-state index contributed by atoms with van der Waals surface area (Å²) in [4.78, 5) is 35.8. The van der Waals surface area contributed by atoms with Gasteiger partial charge < -0.3 is 4.74 Å². The van der Waals surface area contributed by atoms with Crippen LogP contribution in [0.15, 0.2) is 35.6 Å². The number of ether oxygens (including phenoxy) is 1. The molecule has 1 aliphatic rings. The third kappa shape index (κ3) is 2.51. The standard InChI is InChI=1S/C14H11BrO4/c1-8-12(17)9-4-2-3-5-10(9)13(18)14(8)19-11(16)6-7-15/h2-5H,6-7H2,1H3. The number of benzene rings is 1. The van der Waals surface area contributed by atoms with Crippen LogP contribution in [0.3, 0.4) is 0 Å². The van der Waals surface area contributed by atoms with Crippen molar-refractivity contribution in [1.29, 1.82) is 0 Å². The Bertz CT molecular complexity index is 601. The molecule has 5 heteroatoms. The summed E-state index contributed by atoms with van der Waals surface area (Å²) in [6, 6.07) is 6.51. The first-order chi connectivity index (χ1) is 9.06. The van der Waals surface area contributed by atoms with Gasteiger partial charge in [0.25, 0.3) is 0 Å². The maximum Gasteiger partial charge on any atom is 0.312 e. The second-order valence-corrected chi connectivity index (χ2v) is 4.86. The third-order valence-corrected chi connectivity index (χ3v) is 3.21. The van der Waals surface area contributed by atoms with Gasteiger partial charge in [-0.1, -0.05) is 40.2 Å². The highest BCUT2D eigenvalue weighted by atomic mass is 79.9. The van der Waals surface area contributed by atoms with Crippen molar-refractivity contribution >= 4 is 33.5 Å². The van der Waals surface area contributed by atoms with Crippen molar-refractivity contribution in [2.24, 2.45) is 0 Å². The molecule has 0 atom stereocenters. The molecule has 0 heterocycles. The molecule has 0 bridgehead atoms. The summed E-state index contributed by atoms with van der Waals surface area (Å²) < 4.78 is 5.02. The SMILES string of the molecule is CC1=C(OC(=O)CCBr)C(=O)c2ccccc2C1=O. The van der Waals surface area contributed by atoms with Gasteiger partial charge in [0.2, 0.25) is 5.78 Å². The molecule has 0 unspecified atom stereocenters. The molecule has 0 aliphatic heterocycles. The Balaban J connectivity index is 2.40. The third-order valence-electron chi connectivity index (χ3n) is 2.82. The number of allylic oxidation sites excluding steroid dienone is 2. The summed E-state index contributed by atoms with van der Waals surface area (Å²) in [6.45, 7) is 1.49. The largest absolute Gasteiger partial charge is 0.422 e. The minimum Gasteiger partial charge on any atom is -0.422 e. The number of carbonyl (C=O) groups is 3. The van der Waals surface area contributed by atoms with Gasteiger partial charge in [0.1, 0.15) is 0 Å². The molecule has 0 spiro atoms. The molecule has 1 aromatic carbocycles. The lowest BCUT2D eigenvalue weighted by molar-refractivity contribution is -0.138. The zero-order valence-electron chi connectivity index (χ0n) is 10.2. The van der Waals surface area contributed by atoms with E-state index < -0.39 is 11.8 Å². The topological polar surface area (TPSA) is 60.4 Å². The van der Waals surface area contributed by atoms with Gasteiger partial charge in [0.05, 0.1) is 6.42 Å². The summed E-state index contributed by atoms with van der Waals surface area (Å²) in [5, 5.41) is 0.441. The van der Waals surface area contributed by atoms with Gasteiger partial charge in [-0.3, -0.25) is 14.4 Å². The zero-order chi connectivity index (χ0) is 14.0. The predicted octanol–water partition coefficient (Wildman–Crippen LogP) is 2.67. The first-order valence-electron chi connectivity index (χ1n) is 5.72. The van der Waals surface area contributed by atoms with Gasteiger partial charge in [-0.15, -0.1) is 0 Å². The van der Waals surface area contributed by atoms with E-state index in [2.05, 4.69) is 15.9 Å². The van der Waals surface area contributed by atoms with Gasteiger partial charge in [-0.05, 0) is 6.92 Å². The summed E-state index contributed by atoms with van der Waals surface area (Å²) in [7, 11) is 0. The van der Waals surface area contributed by atoms with Crippen molar-refractivity contribution in [3.8, 4) is 0 Å². The maximum absolute atomic E-state index is 12.2. The number of esters is 1. The first kappa shape index (κ1) is 13.7. The molecule has 0 N–H and O–H groups in total. The normalized spacial score (nSPS) is 14.4. The van der Waals surface area contributed by atoms with Crippen LogP contribution in [0.1, 0.15) is 34.1 Å². The van der Waals surface area contributed by atoms with Crippen molar-refractivity contribution in [3.63, 3.8) is 0 Å². The van der Waals surface area contributed by atoms with Crippen molar-refractivity contribution in [2.75, 3.05) is 5.33 Å². The lowest BCUT2D eigenvalue weighted by atomic mass is 9.89. The Morgan fingerprint density at radius 2 is 1.74 bits per heavy atom. The first-order valence-corrected chi connectivity index (χ1v) is 6.84. The van der Waals surface area contributed by atoms with Crippen LogP contribution >= 0.6 is 15.9 Å². The van der Waals surface area contributed by atoms with Crippen LogP contribution < -0.4 is 0 Å². The minimum atomic E-state index is -0.535. The smallest absolute Gasteiger partial charge is 0.312 e. The summed E-state index contributed by atoms with van der Waals surface area (Å²) in [5.41, 5.74) is 0.802. The van der Waals surface area contributed by atoms with E-state index in [-0.39, 0.29) is 29.1 Å². The maximum atomic E-state index is 12.2. The number of rotatable bonds is 3. The molecule has 1 aliphatic carbocycles. The number of ketones is 2. The Morgan fingerprint density at radius 1 is 1.16 bits per heavy atom. The fourth-order valence-corrected chi connectivity index (χ4v) is 2.17. The van der Waals surface area contributed by atoms with E-state index in [1.54, 1.807) is 24.3 Å². The van der Waals surface area contributed by atoms with E-state index in [4.69, 9.17) is 4.74 Å². The number of halogens is 1. The van der Waals surface area contributed by atoms with Gasteiger partial charge in [-0.25, -0.2) is 0 Å². The minimum absolute atomic E-state index is 0.139. The van der Waals surface area contributed by atoms with E-state index in [1.807, 2.05) is 0 Å². The zero-order valence-corrected chi connectivity index (χ0v) is 11.8. The van der Waals surface area contributed by atoms with E-state index in [1.165, 1.54) is 6.92 Å².